The molecule has 0 aromatic heterocycles. The quantitative estimate of drug-likeness (QED) is 0.587. The minimum absolute atomic E-state index is 0.325. The van der Waals surface area contributed by atoms with Gasteiger partial charge in [-0.3, -0.25) is 0 Å². The number of alkyl halides is 1. The molecule has 0 atom stereocenters. The number of rotatable bonds is 3. The van der Waals surface area contributed by atoms with Crippen molar-refractivity contribution in [2.75, 3.05) is 0 Å². The van der Waals surface area contributed by atoms with Crippen molar-refractivity contribution in [1.29, 1.82) is 0 Å². The Bertz CT molecular complexity index is 575. The highest BCUT2D eigenvalue weighted by molar-refractivity contribution is 9.10. The van der Waals surface area contributed by atoms with Crippen LogP contribution < -0.4 is 4.74 Å². The highest BCUT2D eigenvalue weighted by Gasteiger charge is 2.09. The van der Waals surface area contributed by atoms with Crippen molar-refractivity contribution in [2.24, 2.45) is 0 Å². The number of benzene rings is 2. The van der Waals surface area contributed by atoms with Crippen molar-refractivity contribution in [3.8, 4) is 11.5 Å². The molecule has 2 aromatic carbocycles. The summed E-state index contributed by atoms with van der Waals surface area (Å²) in [6.45, 7) is 0. The Kier molecular flexibility index (Phi) is 4.65. The van der Waals surface area contributed by atoms with E-state index in [1.54, 1.807) is 18.2 Å². The minimum Gasteiger partial charge on any atom is -0.457 e. The SMILES string of the molecule is Fc1ccc(Oc2cccc(Cl)c2CBr)cc1Br. The first kappa shape index (κ1) is 13.8. The Balaban J connectivity index is 2.34. The zero-order valence-electron chi connectivity index (χ0n) is 9.09. The van der Waals surface area contributed by atoms with Crippen LogP contribution >= 0.6 is 43.5 Å². The average Bonchev–Trinajstić information content (AvgIpc) is 2.34. The fraction of sp³-hybridized carbons (Fsp3) is 0.0769. The minimum atomic E-state index is -0.325. The van der Waals surface area contributed by atoms with E-state index in [-0.39, 0.29) is 5.82 Å². The maximum absolute atomic E-state index is 13.1. The summed E-state index contributed by atoms with van der Waals surface area (Å²) in [4.78, 5) is 0. The molecule has 0 fully saturated rings. The van der Waals surface area contributed by atoms with Crippen LogP contribution in [0.25, 0.3) is 0 Å². The normalized spacial score (nSPS) is 10.4. The van der Waals surface area contributed by atoms with Crippen LogP contribution in [0.2, 0.25) is 5.02 Å². The van der Waals surface area contributed by atoms with Gasteiger partial charge in [-0.25, -0.2) is 4.39 Å². The lowest BCUT2D eigenvalue weighted by Gasteiger charge is -2.11. The first-order chi connectivity index (χ1) is 8.61. The Hall–Kier alpha value is -0.580. The maximum atomic E-state index is 13.1. The van der Waals surface area contributed by atoms with E-state index in [0.717, 1.165) is 5.56 Å². The van der Waals surface area contributed by atoms with Crippen molar-refractivity contribution in [3.05, 3.63) is 57.3 Å². The molecule has 0 amide bonds. The summed E-state index contributed by atoms with van der Waals surface area (Å²) in [6, 6.07) is 9.92. The zero-order valence-corrected chi connectivity index (χ0v) is 13.0. The van der Waals surface area contributed by atoms with E-state index < -0.39 is 0 Å². The van der Waals surface area contributed by atoms with Crippen LogP contribution in [0.1, 0.15) is 5.56 Å². The monoisotopic (exact) mass is 392 g/mol. The molecule has 0 aliphatic heterocycles. The maximum Gasteiger partial charge on any atom is 0.137 e. The molecule has 0 heterocycles. The molecular weight excluding hydrogens is 386 g/mol. The van der Waals surface area contributed by atoms with Gasteiger partial charge in [-0.1, -0.05) is 33.6 Å². The third-order valence-electron chi connectivity index (χ3n) is 2.33. The van der Waals surface area contributed by atoms with Gasteiger partial charge in [-0.2, -0.15) is 0 Å². The van der Waals surface area contributed by atoms with E-state index in [1.807, 2.05) is 12.1 Å². The van der Waals surface area contributed by atoms with E-state index >= 15 is 0 Å². The average molecular weight is 394 g/mol. The molecule has 0 radical (unpaired) electrons. The number of ether oxygens (including phenoxy) is 1. The standard InChI is InChI=1S/C13H8Br2ClFO/c14-7-9-11(16)2-1-3-13(9)18-8-4-5-12(17)10(15)6-8/h1-6H,7H2. The molecule has 0 aliphatic carbocycles. The van der Waals surface area contributed by atoms with Crippen LogP contribution in [0.4, 0.5) is 4.39 Å². The summed E-state index contributed by atoms with van der Waals surface area (Å²) in [5.74, 6) is 0.875. The highest BCUT2D eigenvalue weighted by atomic mass is 79.9. The van der Waals surface area contributed by atoms with Gasteiger partial charge in [0.05, 0.1) is 4.47 Å². The molecule has 0 aliphatic rings. The summed E-state index contributed by atoms with van der Waals surface area (Å²) in [5, 5.41) is 1.22. The first-order valence-corrected chi connectivity index (χ1v) is 7.37. The van der Waals surface area contributed by atoms with E-state index in [2.05, 4.69) is 31.9 Å². The van der Waals surface area contributed by atoms with Crippen LogP contribution in [-0.2, 0) is 5.33 Å². The summed E-state index contributed by atoms with van der Waals surface area (Å²) in [5.41, 5.74) is 0.861. The highest BCUT2D eigenvalue weighted by Crippen LogP contribution is 2.33. The molecule has 2 rings (SSSR count). The van der Waals surface area contributed by atoms with Gasteiger partial charge in [0, 0.05) is 15.9 Å². The summed E-state index contributed by atoms with van der Waals surface area (Å²) >= 11 is 12.6. The molecule has 0 bridgehead atoms. The van der Waals surface area contributed by atoms with Gasteiger partial charge >= 0.3 is 0 Å². The molecule has 0 unspecified atom stereocenters. The van der Waals surface area contributed by atoms with E-state index in [0.29, 0.717) is 26.3 Å². The molecule has 0 saturated heterocycles. The second-order valence-corrected chi connectivity index (χ2v) is 5.35. The molecule has 94 valence electrons. The van der Waals surface area contributed by atoms with Crippen LogP contribution in [0.15, 0.2) is 40.9 Å². The summed E-state index contributed by atoms with van der Waals surface area (Å²) in [7, 11) is 0. The lowest BCUT2D eigenvalue weighted by Crippen LogP contribution is -1.91. The van der Waals surface area contributed by atoms with E-state index in [4.69, 9.17) is 16.3 Å². The second kappa shape index (κ2) is 6.04. The summed E-state index contributed by atoms with van der Waals surface area (Å²) in [6.07, 6.45) is 0. The summed E-state index contributed by atoms with van der Waals surface area (Å²) < 4.78 is 19.2. The smallest absolute Gasteiger partial charge is 0.137 e. The molecular formula is C13H8Br2ClFO. The lowest BCUT2D eigenvalue weighted by molar-refractivity contribution is 0.476. The van der Waals surface area contributed by atoms with Crippen LogP contribution in [0.3, 0.4) is 0 Å². The van der Waals surface area contributed by atoms with E-state index in [9.17, 15) is 4.39 Å². The Morgan fingerprint density at radius 3 is 2.67 bits per heavy atom. The topological polar surface area (TPSA) is 9.23 Å². The second-order valence-electron chi connectivity index (χ2n) is 3.53. The van der Waals surface area contributed by atoms with Crippen LogP contribution in [-0.4, -0.2) is 0 Å². The van der Waals surface area contributed by atoms with Crippen molar-refractivity contribution >= 4 is 43.5 Å². The van der Waals surface area contributed by atoms with Gasteiger partial charge in [0.25, 0.3) is 0 Å². The fourth-order valence-corrected chi connectivity index (χ4v) is 2.76. The van der Waals surface area contributed by atoms with Crippen LogP contribution in [0.5, 0.6) is 11.5 Å². The number of hydrogen-bond donors (Lipinski definition) is 0. The van der Waals surface area contributed by atoms with E-state index in [1.165, 1.54) is 6.07 Å². The van der Waals surface area contributed by atoms with Crippen molar-refractivity contribution in [2.45, 2.75) is 5.33 Å². The molecule has 0 saturated carbocycles. The third-order valence-corrected chi connectivity index (χ3v) is 3.85. The van der Waals surface area contributed by atoms with Crippen molar-refractivity contribution in [1.82, 2.24) is 0 Å². The molecule has 18 heavy (non-hydrogen) atoms. The molecule has 1 nitrogen and oxygen atoms in total. The van der Waals surface area contributed by atoms with Gasteiger partial charge in [0.2, 0.25) is 0 Å². The Morgan fingerprint density at radius 1 is 1.22 bits per heavy atom. The molecule has 2 aromatic rings. The Labute approximate surface area is 126 Å². The van der Waals surface area contributed by atoms with Crippen molar-refractivity contribution in [3.63, 3.8) is 0 Å². The Morgan fingerprint density at radius 2 is 2.00 bits per heavy atom. The largest absolute Gasteiger partial charge is 0.457 e. The number of hydrogen-bond acceptors (Lipinski definition) is 1. The predicted octanol–water partition coefficient (Wildman–Crippen LogP) is 5.93. The fourth-order valence-electron chi connectivity index (χ4n) is 1.43. The van der Waals surface area contributed by atoms with Gasteiger partial charge in [0.1, 0.15) is 17.3 Å². The molecule has 5 heteroatoms. The number of halogens is 4. The zero-order chi connectivity index (χ0) is 13.1. The van der Waals surface area contributed by atoms with Gasteiger partial charge < -0.3 is 4.74 Å². The predicted molar refractivity (Wildman–Crippen MR) is 78.3 cm³/mol. The van der Waals surface area contributed by atoms with Gasteiger partial charge in [0.15, 0.2) is 0 Å². The van der Waals surface area contributed by atoms with Crippen LogP contribution in [0, 0.1) is 5.82 Å². The van der Waals surface area contributed by atoms with Crippen molar-refractivity contribution < 1.29 is 9.13 Å². The first-order valence-electron chi connectivity index (χ1n) is 5.08. The van der Waals surface area contributed by atoms with Gasteiger partial charge in [-0.15, -0.1) is 0 Å². The lowest BCUT2D eigenvalue weighted by atomic mass is 10.2. The van der Waals surface area contributed by atoms with Gasteiger partial charge in [-0.05, 0) is 46.3 Å². The molecule has 0 N–H and O–H groups in total. The third kappa shape index (κ3) is 3.05. The molecule has 0 spiro atoms.